The Balaban J connectivity index is 1.48. The van der Waals surface area contributed by atoms with Crippen LogP contribution >= 0.6 is 11.6 Å². The van der Waals surface area contributed by atoms with Gasteiger partial charge in [0.25, 0.3) is 0 Å². The van der Waals surface area contributed by atoms with Gasteiger partial charge in [-0.3, -0.25) is 9.78 Å². The summed E-state index contributed by atoms with van der Waals surface area (Å²) in [6.45, 7) is 1.89. The van der Waals surface area contributed by atoms with Crippen molar-refractivity contribution in [2.45, 2.75) is 31.7 Å². The van der Waals surface area contributed by atoms with Crippen LogP contribution in [-0.2, 0) is 4.79 Å². The summed E-state index contributed by atoms with van der Waals surface area (Å²) in [7, 11) is 0. The van der Waals surface area contributed by atoms with Crippen molar-refractivity contribution in [2.24, 2.45) is 5.92 Å². The van der Waals surface area contributed by atoms with Gasteiger partial charge in [0, 0.05) is 42.3 Å². The highest BCUT2D eigenvalue weighted by Gasteiger charge is 2.31. The van der Waals surface area contributed by atoms with E-state index < -0.39 is 0 Å². The second kappa shape index (κ2) is 6.00. The van der Waals surface area contributed by atoms with Crippen molar-refractivity contribution in [3.8, 4) is 0 Å². The second-order valence-electron chi connectivity index (χ2n) is 6.51. The number of anilines is 1. The van der Waals surface area contributed by atoms with Crippen molar-refractivity contribution in [1.82, 2.24) is 10.3 Å². The average molecular weight is 330 g/mol. The number of piperidine rings is 1. The monoisotopic (exact) mass is 329 g/mol. The highest BCUT2D eigenvalue weighted by molar-refractivity contribution is 6.35. The smallest absolute Gasteiger partial charge is 0.223 e. The van der Waals surface area contributed by atoms with Crippen LogP contribution in [0.2, 0.25) is 5.02 Å². The predicted octanol–water partition coefficient (Wildman–Crippen LogP) is 3.38. The van der Waals surface area contributed by atoms with Crippen molar-refractivity contribution in [1.29, 1.82) is 0 Å². The van der Waals surface area contributed by atoms with Crippen molar-refractivity contribution in [3.63, 3.8) is 0 Å². The zero-order chi connectivity index (χ0) is 15.8. The molecule has 1 N–H and O–H groups in total. The van der Waals surface area contributed by atoms with E-state index in [4.69, 9.17) is 11.6 Å². The minimum absolute atomic E-state index is 0.254. The number of rotatable bonds is 3. The number of nitrogens with zero attached hydrogens (tertiary/aromatic N) is 2. The fraction of sp³-hybridized carbons (Fsp3) is 0.444. The second-order valence-corrected chi connectivity index (χ2v) is 6.92. The van der Waals surface area contributed by atoms with Crippen LogP contribution < -0.4 is 10.2 Å². The van der Waals surface area contributed by atoms with Gasteiger partial charge in [0.1, 0.15) is 0 Å². The SMILES string of the molecule is O=C(NC1CCN(c2ccnc3c(Cl)cccc23)CC1)C1CC1. The van der Waals surface area contributed by atoms with Gasteiger partial charge < -0.3 is 10.2 Å². The number of carbonyl (C=O) groups excluding carboxylic acids is 1. The molecular weight excluding hydrogens is 310 g/mol. The molecule has 0 spiro atoms. The molecular formula is C18H20ClN3O. The van der Waals surface area contributed by atoms with E-state index in [1.807, 2.05) is 18.3 Å². The number of benzene rings is 1. The highest BCUT2D eigenvalue weighted by Crippen LogP contribution is 2.32. The van der Waals surface area contributed by atoms with E-state index in [1.165, 1.54) is 5.69 Å². The predicted molar refractivity (Wildman–Crippen MR) is 92.9 cm³/mol. The molecule has 2 aromatic rings. The third-order valence-corrected chi connectivity index (χ3v) is 5.13. The van der Waals surface area contributed by atoms with Crippen LogP contribution in [0, 0.1) is 5.92 Å². The molecule has 1 aliphatic heterocycles. The molecule has 0 radical (unpaired) electrons. The van der Waals surface area contributed by atoms with Gasteiger partial charge in [0.05, 0.1) is 10.5 Å². The Bertz CT molecular complexity index is 736. The van der Waals surface area contributed by atoms with Crippen LogP contribution in [-0.4, -0.2) is 30.0 Å². The summed E-state index contributed by atoms with van der Waals surface area (Å²) in [4.78, 5) is 18.7. The van der Waals surface area contributed by atoms with Gasteiger partial charge >= 0.3 is 0 Å². The average Bonchev–Trinajstić information content (AvgIpc) is 3.41. The summed E-state index contributed by atoms with van der Waals surface area (Å²) in [5.41, 5.74) is 2.04. The maximum Gasteiger partial charge on any atom is 0.223 e. The summed E-state index contributed by atoms with van der Waals surface area (Å²) in [6.07, 6.45) is 5.93. The van der Waals surface area contributed by atoms with Crippen LogP contribution in [0.25, 0.3) is 10.9 Å². The van der Waals surface area contributed by atoms with Crippen molar-refractivity contribution >= 4 is 34.1 Å². The molecule has 2 heterocycles. The van der Waals surface area contributed by atoms with Gasteiger partial charge in [-0.2, -0.15) is 0 Å². The van der Waals surface area contributed by atoms with Crippen LogP contribution in [0.1, 0.15) is 25.7 Å². The molecule has 5 heteroatoms. The summed E-state index contributed by atoms with van der Waals surface area (Å²) in [5.74, 6) is 0.545. The molecule has 2 aliphatic rings. The molecule has 2 fully saturated rings. The van der Waals surface area contributed by atoms with Crippen molar-refractivity contribution < 1.29 is 4.79 Å². The fourth-order valence-electron chi connectivity index (χ4n) is 3.33. The van der Waals surface area contributed by atoms with Crippen LogP contribution in [0.15, 0.2) is 30.5 Å². The zero-order valence-corrected chi connectivity index (χ0v) is 13.7. The highest BCUT2D eigenvalue weighted by atomic mass is 35.5. The molecule has 0 atom stereocenters. The lowest BCUT2D eigenvalue weighted by atomic mass is 10.0. The molecule has 0 unspecified atom stereocenters. The minimum atomic E-state index is 0.254. The number of nitrogens with one attached hydrogen (secondary N) is 1. The topological polar surface area (TPSA) is 45.2 Å². The Kier molecular flexibility index (Phi) is 3.85. The molecule has 1 amide bonds. The Morgan fingerprint density at radius 3 is 2.70 bits per heavy atom. The van der Waals surface area contributed by atoms with E-state index in [1.54, 1.807) is 0 Å². The number of pyridine rings is 1. The summed E-state index contributed by atoms with van der Waals surface area (Å²) < 4.78 is 0. The molecule has 0 bridgehead atoms. The maximum absolute atomic E-state index is 11.9. The molecule has 1 aromatic heterocycles. The molecule has 4 nitrogen and oxygen atoms in total. The van der Waals surface area contributed by atoms with Crippen molar-refractivity contribution in [2.75, 3.05) is 18.0 Å². The number of hydrogen-bond donors (Lipinski definition) is 1. The molecule has 1 aliphatic carbocycles. The van der Waals surface area contributed by atoms with E-state index in [0.29, 0.717) is 17.0 Å². The summed E-state index contributed by atoms with van der Waals surface area (Å²) in [6, 6.07) is 8.29. The Morgan fingerprint density at radius 2 is 1.96 bits per heavy atom. The van der Waals surface area contributed by atoms with E-state index >= 15 is 0 Å². The van der Waals surface area contributed by atoms with Gasteiger partial charge in [-0.1, -0.05) is 23.7 Å². The number of carbonyl (C=O) groups is 1. The van der Waals surface area contributed by atoms with Gasteiger partial charge in [0.15, 0.2) is 0 Å². The molecule has 1 aromatic carbocycles. The van der Waals surface area contributed by atoms with E-state index in [2.05, 4.69) is 27.3 Å². The number of para-hydroxylation sites is 1. The van der Waals surface area contributed by atoms with Crippen LogP contribution in [0.3, 0.4) is 0 Å². The summed E-state index contributed by atoms with van der Waals surface area (Å²) >= 11 is 6.26. The Morgan fingerprint density at radius 1 is 1.17 bits per heavy atom. The van der Waals surface area contributed by atoms with Gasteiger partial charge in [0.2, 0.25) is 5.91 Å². The normalized spacial score (nSPS) is 19.1. The first-order valence-corrected chi connectivity index (χ1v) is 8.69. The number of halogens is 1. The third-order valence-electron chi connectivity index (χ3n) is 4.83. The first-order chi connectivity index (χ1) is 11.2. The van der Waals surface area contributed by atoms with Gasteiger partial charge in [-0.15, -0.1) is 0 Å². The number of hydrogen-bond acceptors (Lipinski definition) is 3. The van der Waals surface area contributed by atoms with E-state index in [9.17, 15) is 4.79 Å². The summed E-state index contributed by atoms with van der Waals surface area (Å²) in [5, 5.41) is 4.99. The van der Waals surface area contributed by atoms with Crippen LogP contribution in [0.5, 0.6) is 0 Å². The largest absolute Gasteiger partial charge is 0.371 e. The first-order valence-electron chi connectivity index (χ1n) is 8.31. The number of fused-ring (bicyclic) bond motifs is 1. The molecule has 4 rings (SSSR count). The minimum Gasteiger partial charge on any atom is -0.371 e. The molecule has 1 saturated heterocycles. The first kappa shape index (κ1) is 14.8. The van der Waals surface area contributed by atoms with Gasteiger partial charge in [-0.05, 0) is 37.8 Å². The number of aromatic nitrogens is 1. The van der Waals surface area contributed by atoms with Gasteiger partial charge in [-0.25, -0.2) is 0 Å². The standard InChI is InChI=1S/C18H20ClN3O/c19-15-3-1-2-14-16(6-9-20-17(14)15)22-10-7-13(8-11-22)21-18(23)12-4-5-12/h1-3,6,9,12-13H,4-5,7-8,10-11H2,(H,21,23). The molecule has 23 heavy (non-hydrogen) atoms. The lowest BCUT2D eigenvalue weighted by molar-refractivity contribution is -0.123. The number of amides is 1. The van der Waals surface area contributed by atoms with E-state index in [0.717, 1.165) is 49.7 Å². The Hall–Kier alpha value is -1.81. The quantitative estimate of drug-likeness (QED) is 0.939. The third kappa shape index (κ3) is 3.00. The van der Waals surface area contributed by atoms with Crippen molar-refractivity contribution in [3.05, 3.63) is 35.5 Å². The Labute approximate surface area is 140 Å². The lowest BCUT2D eigenvalue weighted by Crippen LogP contribution is -2.45. The maximum atomic E-state index is 11.9. The zero-order valence-electron chi connectivity index (χ0n) is 13.0. The fourth-order valence-corrected chi connectivity index (χ4v) is 3.55. The lowest BCUT2D eigenvalue weighted by Gasteiger charge is -2.34. The van der Waals surface area contributed by atoms with E-state index in [-0.39, 0.29) is 5.91 Å². The molecule has 120 valence electrons. The molecule has 1 saturated carbocycles. The van der Waals surface area contributed by atoms with Crippen LogP contribution in [0.4, 0.5) is 5.69 Å².